The van der Waals surface area contributed by atoms with Crippen LogP contribution in [0.5, 0.6) is 0 Å². The molecule has 0 radical (unpaired) electrons. The number of carbonyl (C=O) groups is 1. The van der Waals surface area contributed by atoms with Crippen molar-refractivity contribution in [1.82, 2.24) is 25.0 Å². The van der Waals surface area contributed by atoms with Crippen LogP contribution in [0.2, 0.25) is 0 Å². The average Bonchev–Trinajstić information content (AvgIpc) is 3.08. The third kappa shape index (κ3) is 2.90. The van der Waals surface area contributed by atoms with Gasteiger partial charge in [0.1, 0.15) is 11.6 Å². The smallest absolute Gasteiger partial charge is 0.256 e. The molecular weight excluding hydrogens is 328 g/mol. The fourth-order valence-electron chi connectivity index (χ4n) is 3.60. The summed E-state index contributed by atoms with van der Waals surface area (Å²) in [6.07, 6.45) is 1.49. The molecule has 1 aromatic heterocycles. The highest BCUT2D eigenvalue weighted by Gasteiger charge is 2.30. The summed E-state index contributed by atoms with van der Waals surface area (Å²) in [7, 11) is 0. The van der Waals surface area contributed by atoms with Gasteiger partial charge in [0.05, 0.1) is 12.1 Å². The molecule has 1 aromatic carbocycles. The number of likely N-dealkylation sites (tertiary alicyclic amines) is 1. The van der Waals surface area contributed by atoms with E-state index < -0.39 is 17.5 Å². The van der Waals surface area contributed by atoms with Crippen molar-refractivity contribution >= 4 is 5.91 Å². The van der Waals surface area contributed by atoms with Gasteiger partial charge in [-0.2, -0.15) is 0 Å². The summed E-state index contributed by atoms with van der Waals surface area (Å²) in [4.78, 5) is 14.1. The fourth-order valence-corrected chi connectivity index (χ4v) is 3.60. The lowest BCUT2D eigenvalue weighted by Gasteiger charge is -2.32. The Balaban J connectivity index is 1.46. The van der Waals surface area contributed by atoms with Gasteiger partial charge in [-0.1, -0.05) is 6.07 Å². The third-order valence-corrected chi connectivity index (χ3v) is 4.98. The van der Waals surface area contributed by atoms with Crippen LogP contribution in [0.15, 0.2) is 18.2 Å². The predicted molar refractivity (Wildman–Crippen MR) is 86.0 cm³/mol. The van der Waals surface area contributed by atoms with E-state index in [1.807, 2.05) is 0 Å². The molecule has 6 nitrogen and oxygen atoms in total. The van der Waals surface area contributed by atoms with Crippen LogP contribution < -0.4 is 5.32 Å². The van der Waals surface area contributed by atoms with Crippen LogP contribution >= 0.6 is 0 Å². The van der Waals surface area contributed by atoms with Crippen LogP contribution in [0, 0.1) is 11.6 Å². The first kappa shape index (κ1) is 16.1. The highest BCUT2D eigenvalue weighted by atomic mass is 19.2. The molecule has 2 aliphatic heterocycles. The van der Waals surface area contributed by atoms with Crippen molar-refractivity contribution in [3.05, 3.63) is 47.0 Å². The van der Waals surface area contributed by atoms with Crippen molar-refractivity contribution in [2.45, 2.75) is 31.8 Å². The number of hydrogen-bond acceptors (Lipinski definition) is 4. The Morgan fingerprint density at radius 2 is 1.96 bits per heavy atom. The van der Waals surface area contributed by atoms with Gasteiger partial charge in [0.2, 0.25) is 0 Å². The van der Waals surface area contributed by atoms with Crippen LogP contribution in [-0.4, -0.2) is 45.2 Å². The van der Waals surface area contributed by atoms with Gasteiger partial charge in [-0.25, -0.2) is 8.78 Å². The summed E-state index contributed by atoms with van der Waals surface area (Å²) < 4.78 is 29.3. The standard InChI is InChI=1S/C17H19F2N5O/c18-13-3-1-2-12(15(13)19)17(25)23-7-4-11(5-8-23)16-22-21-14-10-20-6-9-24(14)16/h1-3,11,20H,4-10H2. The number of nitrogens with one attached hydrogen (secondary N) is 1. The number of nitrogens with zero attached hydrogens (tertiary/aromatic N) is 4. The van der Waals surface area contributed by atoms with Crippen molar-refractivity contribution in [3.8, 4) is 0 Å². The van der Waals surface area contributed by atoms with Gasteiger partial charge in [0.15, 0.2) is 11.6 Å². The maximum atomic E-state index is 13.8. The van der Waals surface area contributed by atoms with Gasteiger partial charge >= 0.3 is 0 Å². The molecule has 4 rings (SSSR count). The number of rotatable bonds is 2. The lowest BCUT2D eigenvalue weighted by atomic mass is 9.95. The third-order valence-electron chi connectivity index (χ3n) is 4.98. The number of piperidine rings is 1. The van der Waals surface area contributed by atoms with Crippen LogP contribution in [0.3, 0.4) is 0 Å². The second kappa shape index (κ2) is 6.51. The summed E-state index contributed by atoms with van der Waals surface area (Å²) in [5, 5.41) is 11.8. The molecule has 3 heterocycles. The minimum Gasteiger partial charge on any atom is -0.339 e. The molecule has 2 aromatic rings. The number of benzene rings is 1. The summed E-state index contributed by atoms with van der Waals surface area (Å²) >= 11 is 0. The number of fused-ring (bicyclic) bond motifs is 1. The van der Waals surface area contributed by atoms with Crippen LogP contribution in [-0.2, 0) is 13.1 Å². The van der Waals surface area contributed by atoms with Gasteiger partial charge in [0, 0.05) is 32.1 Å². The Kier molecular flexibility index (Phi) is 4.20. The first-order valence-electron chi connectivity index (χ1n) is 8.51. The van der Waals surface area contributed by atoms with E-state index in [4.69, 9.17) is 0 Å². The number of aromatic nitrogens is 3. The van der Waals surface area contributed by atoms with Crippen molar-refractivity contribution in [3.63, 3.8) is 0 Å². The molecule has 1 amide bonds. The van der Waals surface area contributed by atoms with Gasteiger partial charge in [0.25, 0.3) is 5.91 Å². The van der Waals surface area contributed by atoms with Crippen LogP contribution in [0.25, 0.3) is 0 Å². The van der Waals surface area contributed by atoms with E-state index in [9.17, 15) is 13.6 Å². The average molecular weight is 347 g/mol. The van der Waals surface area contributed by atoms with E-state index in [0.29, 0.717) is 13.1 Å². The molecule has 0 bridgehead atoms. The maximum Gasteiger partial charge on any atom is 0.256 e. The van der Waals surface area contributed by atoms with Crippen molar-refractivity contribution in [1.29, 1.82) is 0 Å². The molecule has 8 heteroatoms. The molecule has 25 heavy (non-hydrogen) atoms. The van der Waals surface area contributed by atoms with Crippen molar-refractivity contribution in [2.24, 2.45) is 0 Å². The summed E-state index contributed by atoms with van der Waals surface area (Å²) in [6, 6.07) is 3.70. The fraction of sp³-hybridized carbons (Fsp3) is 0.471. The van der Waals surface area contributed by atoms with Gasteiger partial charge < -0.3 is 14.8 Å². The molecule has 1 saturated heterocycles. The van der Waals surface area contributed by atoms with E-state index >= 15 is 0 Å². The van der Waals surface area contributed by atoms with E-state index in [2.05, 4.69) is 20.1 Å². The zero-order valence-corrected chi connectivity index (χ0v) is 13.7. The Morgan fingerprint density at radius 3 is 2.76 bits per heavy atom. The first-order valence-corrected chi connectivity index (χ1v) is 8.51. The number of halogens is 2. The Labute approximate surface area is 143 Å². The highest BCUT2D eigenvalue weighted by Crippen LogP contribution is 2.29. The first-order chi connectivity index (χ1) is 12.1. The summed E-state index contributed by atoms with van der Waals surface area (Å²) in [5.74, 6) is -0.371. The Morgan fingerprint density at radius 1 is 1.16 bits per heavy atom. The SMILES string of the molecule is O=C(c1cccc(F)c1F)N1CCC(c2nnc3n2CCNC3)CC1. The lowest BCUT2D eigenvalue weighted by Crippen LogP contribution is -2.39. The number of hydrogen-bond donors (Lipinski definition) is 1. The zero-order chi connectivity index (χ0) is 17.4. The quantitative estimate of drug-likeness (QED) is 0.898. The normalized spacial score (nSPS) is 18.2. The molecule has 1 fully saturated rings. The second-order valence-electron chi connectivity index (χ2n) is 6.47. The molecule has 2 aliphatic rings. The Hall–Kier alpha value is -2.35. The minimum absolute atomic E-state index is 0.204. The molecule has 0 atom stereocenters. The van der Waals surface area contributed by atoms with Gasteiger partial charge in [-0.3, -0.25) is 4.79 Å². The molecule has 0 saturated carbocycles. The van der Waals surface area contributed by atoms with Crippen molar-refractivity contribution < 1.29 is 13.6 Å². The van der Waals surface area contributed by atoms with E-state index in [1.165, 1.54) is 12.1 Å². The van der Waals surface area contributed by atoms with E-state index in [-0.39, 0.29) is 11.5 Å². The molecule has 0 spiro atoms. The summed E-state index contributed by atoms with van der Waals surface area (Å²) in [5.41, 5.74) is -0.204. The van der Waals surface area contributed by atoms with Crippen LogP contribution in [0.1, 0.15) is 40.8 Å². The van der Waals surface area contributed by atoms with E-state index in [1.54, 1.807) is 4.90 Å². The summed E-state index contributed by atoms with van der Waals surface area (Å²) in [6.45, 7) is 3.47. The van der Waals surface area contributed by atoms with Crippen molar-refractivity contribution in [2.75, 3.05) is 19.6 Å². The lowest BCUT2D eigenvalue weighted by molar-refractivity contribution is 0.0704. The van der Waals surface area contributed by atoms with Gasteiger partial charge in [-0.05, 0) is 25.0 Å². The molecular formula is C17H19F2N5O. The highest BCUT2D eigenvalue weighted by molar-refractivity contribution is 5.94. The maximum absolute atomic E-state index is 13.8. The minimum atomic E-state index is -1.08. The van der Waals surface area contributed by atoms with Crippen LogP contribution in [0.4, 0.5) is 8.78 Å². The largest absolute Gasteiger partial charge is 0.339 e. The zero-order valence-electron chi connectivity index (χ0n) is 13.7. The molecule has 0 aliphatic carbocycles. The van der Waals surface area contributed by atoms with Gasteiger partial charge in [-0.15, -0.1) is 10.2 Å². The monoisotopic (exact) mass is 347 g/mol. The topological polar surface area (TPSA) is 63.1 Å². The second-order valence-corrected chi connectivity index (χ2v) is 6.47. The van der Waals surface area contributed by atoms with E-state index in [0.717, 1.165) is 50.2 Å². The molecule has 0 unspecified atom stereocenters. The predicted octanol–water partition coefficient (Wildman–Crippen LogP) is 1.68. The Bertz CT molecular complexity index is 798. The molecule has 1 N–H and O–H groups in total. The number of amides is 1. The molecule has 132 valence electrons. The number of carbonyl (C=O) groups excluding carboxylic acids is 1.